The van der Waals surface area contributed by atoms with Crippen LogP contribution in [0.2, 0.25) is 0 Å². The Balaban J connectivity index is 2.19. The van der Waals surface area contributed by atoms with Crippen molar-refractivity contribution in [2.24, 2.45) is 0 Å². The van der Waals surface area contributed by atoms with Gasteiger partial charge in [0.15, 0.2) is 0 Å². The lowest BCUT2D eigenvalue weighted by atomic mass is 10.4. The molecule has 0 aliphatic carbocycles. The number of aromatic nitrogens is 3. The van der Waals surface area contributed by atoms with Gasteiger partial charge in [0.1, 0.15) is 0 Å². The van der Waals surface area contributed by atoms with E-state index in [0.717, 1.165) is 11.5 Å². The first-order chi connectivity index (χ1) is 6.66. The van der Waals surface area contributed by atoms with Crippen LogP contribution in [-0.4, -0.2) is 32.4 Å². The summed E-state index contributed by atoms with van der Waals surface area (Å²) in [6.07, 6.45) is 0.137. The molecule has 0 amide bonds. The third-order valence-corrected chi connectivity index (χ3v) is 3.46. The van der Waals surface area contributed by atoms with Crippen LogP contribution in [0.4, 0.5) is 0 Å². The van der Waals surface area contributed by atoms with Crippen molar-refractivity contribution < 1.29 is 4.74 Å². The lowest BCUT2D eigenvalue weighted by molar-refractivity contribution is 0.203. The second-order valence-corrected chi connectivity index (χ2v) is 5.25. The minimum atomic E-state index is 0.137. The molecular formula is C8H12BrN3OS. The predicted octanol–water partition coefficient (Wildman–Crippen LogP) is 2.12. The molecule has 2 rings (SSSR count). The molecule has 1 aliphatic rings. The maximum Gasteiger partial charge on any atom is 0.316 e. The van der Waals surface area contributed by atoms with E-state index in [1.54, 1.807) is 0 Å². The molecule has 78 valence electrons. The molecule has 0 atom stereocenters. The minimum Gasteiger partial charge on any atom is -0.461 e. The van der Waals surface area contributed by atoms with Gasteiger partial charge in [-0.15, -0.1) is 5.10 Å². The van der Waals surface area contributed by atoms with Crippen molar-refractivity contribution in [2.45, 2.75) is 26.0 Å². The number of rotatable bonds is 3. The Morgan fingerprint density at radius 2 is 2.29 bits per heavy atom. The standard InChI is InChI=1S/C8H12BrN3OS/c1-5(2)13-8-10-7(9)11-12(8)6-3-14-4-6/h5-6H,3-4H2,1-2H3. The average molecular weight is 278 g/mol. The van der Waals surface area contributed by atoms with E-state index in [4.69, 9.17) is 4.74 Å². The molecule has 14 heavy (non-hydrogen) atoms. The lowest BCUT2D eigenvalue weighted by Crippen LogP contribution is -2.25. The first kappa shape index (κ1) is 10.3. The van der Waals surface area contributed by atoms with Crippen LogP contribution in [0, 0.1) is 0 Å². The Labute approximate surface area is 95.5 Å². The van der Waals surface area contributed by atoms with Gasteiger partial charge >= 0.3 is 6.01 Å². The van der Waals surface area contributed by atoms with Gasteiger partial charge < -0.3 is 4.74 Å². The highest BCUT2D eigenvalue weighted by Gasteiger charge is 2.25. The monoisotopic (exact) mass is 277 g/mol. The fourth-order valence-corrected chi connectivity index (χ4v) is 2.23. The zero-order valence-electron chi connectivity index (χ0n) is 8.11. The van der Waals surface area contributed by atoms with Gasteiger partial charge in [0, 0.05) is 11.5 Å². The zero-order valence-corrected chi connectivity index (χ0v) is 10.5. The first-order valence-electron chi connectivity index (χ1n) is 4.53. The highest BCUT2D eigenvalue weighted by molar-refractivity contribution is 9.10. The molecule has 0 spiro atoms. The molecular weight excluding hydrogens is 266 g/mol. The molecule has 0 radical (unpaired) electrons. The van der Waals surface area contributed by atoms with Crippen LogP contribution in [0.25, 0.3) is 0 Å². The minimum absolute atomic E-state index is 0.137. The number of halogens is 1. The maximum atomic E-state index is 5.57. The van der Waals surface area contributed by atoms with E-state index in [2.05, 4.69) is 26.0 Å². The Kier molecular flexibility index (Phi) is 3.02. The van der Waals surface area contributed by atoms with Gasteiger partial charge in [0.25, 0.3) is 0 Å². The van der Waals surface area contributed by atoms with Crippen LogP contribution in [-0.2, 0) is 0 Å². The van der Waals surface area contributed by atoms with E-state index in [-0.39, 0.29) is 6.10 Å². The van der Waals surface area contributed by atoms with Crippen molar-refractivity contribution >= 4 is 27.7 Å². The van der Waals surface area contributed by atoms with Gasteiger partial charge in [-0.05, 0) is 29.8 Å². The van der Waals surface area contributed by atoms with Crippen LogP contribution in [0.3, 0.4) is 0 Å². The summed E-state index contributed by atoms with van der Waals surface area (Å²) in [7, 11) is 0. The summed E-state index contributed by atoms with van der Waals surface area (Å²) in [6.45, 7) is 3.98. The Morgan fingerprint density at radius 1 is 1.57 bits per heavy atom. The van der Waals surface area contributed by atoms with Crippen LogP contribution < -0.4 is 4.74 Å². The largest absolute Gasteiger partial charge is 0.461 e. The van der Waals surface area contributed by atoms with Gasteiger partial charge in [0.05, 0.1) is 12.1 Å². The van der Waals surface area contributed by atoms with Crippen molar-refractivity contribution in [2.75, 3.05) is 11.5 Å². The first-order valence-corrected chi connectivity index (χ1v) is 6.48. The topological polar surface area (TPSA) is 39.9 Å². The van der Waals surface area contributed by atoms with Crippen molar-refractivity contribution in [3.63, 3.8) is 0 Å². The summed E-state index contributed by atoms with van der Waals surface area (Å²) in [6, 6.07) is 1.07. The number of nitrogens with zero attached hydrogens (tertiary/aromatic N) is 3. The number of thioether (sulfide) groups is 1. The van der Waals surface area contributed by atoms with E-state index in [0.29, 0.717) is 16.8 Å². The summed E-state index contributed by atoms with van der Waals surface area (Å²) in [5, 5.41) is 4.27. The van der Waals surface area contributed by atoms with E-state index in [1.807, 2.05) is 30.3 Å². The second kappa shape index (κ2) is 4.10. The van der Waals surface area contributed by atoms with Gasteiger partial charge in [-0.2, -0.15) is 16.7 Å². The quantitative estimate of drug-likeness (QED) is 0.849. The molecule has 6 heteroatoms. The van der Waals surface area contributed by atoms with E-state index in [1.165, 1.54) is 0 Å². The summed E-state index contributed by atoms with van der Waals surface area (Å²) >= 11 is 5.18. The fraction of sp³-hybridized carbons (Fsp3) is 0.750. The van der Waals surface area contributed by atoms with Crippen LogP contribution in [0.1, 0.15) is 19.9 Å². The third-order valence-electron chi connectivity index (χ3n) is 1.88. The molecule has 4 nitrogen and oxygen atoms in total. The number of hydrogen-bond acceptors (Lipinski definition) is 4. The van der Waals surface area contributed by atoms with Gasteiger partial charge in [-0.25, -0.2) is 4.68 Å². The Morgan fingerprint density at radius 3 is 2.79 bits per heavy atom. The smallest absolute Gasteiger partial charge is 0.316 e. The highest BCUT2D eigenvalue weighted by atomic mass is 79.9. The zero-order chi connectivity index (χ0) is 10.1. The van der Waals surface area contributed by atoms with Crippen molar-refractivity contribution in [1.82, 2.24) is 14.8 Å². The molecule has 0 aromatic carbocycles. The summed E-state index contributed by atoms with van der Waals surface area (Å²) < 4.78 is 8.05. The molecule has 1 aliphatic heterocycles. The van der Waals surface area contributed by atoms with Crippen molar-refractivity contribution in [1.29, 1.82) is 0 Å². The third kappa shape index (κ3) is 2.06. The van der Waals surface area contributed by atoms with Crippen molar-refractivity contribution in [3.8, 4) is 6.01 Å². The Hall–Kier alpha value is -0.230. The van der Waals surface area contributed by atoms with Crippen molar-refractivity contribution in [3.05, 3.63) is 4.73 Å². The van der Waals surface area contributed by atoms with Gasteiger partial charge in [-0.3, -0.25) is 0 Å². The maximum absolute atomic E-state index is 5.57. The van der Waals surface area contributed by atoms with Crippen LogP contribution >= 0.6 is 27.7 Å². The van der Waals surface area contributed by atoms with Crippen LogP contribution in [0.5, 0.6) is 6.01 Å². The molecule has 0 bridgehead atoms. The van der Waals surface area contributed by atoms with E-state index in [9.17, 15) is 0 Å². The molecule has 2 heterocycles. The van der Waals surface area contributed by atoms with Gasteiger partial charge in [-0.1, -0.05) is 0 Å². The number of ether oxygens (including phenoxy) is 1. The Bertz CT molecular complexity index is 324. The SMILES string of the molecule is CC(C)Oc1nc(Br)nn1C1CSC1. The molecule has 1 aromatic rings. The van der Waals surface area contributed by atoms with Gasteiger partial charge in [0.2, 0.25) is 4.73 Å². The van der Waals surface area contributed by atoms with E-state index >= 15 is 0 Å². The molecule has 0 unspecified atom stereocenters. The summed E-state index contributed by atoms with van der Waals surface area (Å²) in [4.78, 5) is 4.19. The van der Waals surface area contributed by atoms with E-state index < -0.39 is 0 Å². The summed E-state index contributed by atoms with van der Waals surface area (Å²) in [5.41, 5.74) is 0. The molecule has 1 saturated heterocycles. The fourth-order valence-electron chi connectivity index (χ4n) is 1.18. The normalized spacial score (nSPS) is 17.1. The average Bonchev–Trinajstić information content (AvgIpc) is 2.26. The molecule has 0 N–H and O–H groups in total. The second-order valence-electron chi connectivity index (χ2n) is 3.47. The number of hydrogen-bond donors (Lipinski definition) is 0. The molecule has 1 aromatic heterocycles. The lowest BCUT2D eigenvalue weighted by Gasteiger charge is -2.25. The molecule has 1 fully saturated rings. The highest BCUT2D eigenvalue weighted by Crippen LogP contribution is 2.32. The molecule has 0 saturated carbocycles. The predicted molar refractivity (Wildman–Crippen MR) is 59.8 cm³/mol. The van der Waals surface area contributed by atoms with Crippen LogP contribution in [0.15, 0.2) is 4.73 Å². The summed E-state index contributed by atoms with van der Waals surface area (Å²) in [5.74, 6) is 2.20.